The molecule has 0 saturated heterocycles. The molecule has 3 atom stereocenters. The van der Waals surface area contributed by atoms with Crippen LogP contribution in [0, 0.1) is 11.8 Å². The summed E-state index contributed by atoms with van der Waals surface area (Å²) in [5.74, 6) is -5.55. The zero-order valence-corrected chi connectivity index (χ0v) is 12.3. The quantitative estimate of drug-likeness (QED) is 0.452. The average Bonchev–Trinajstić information content (AvgIpc) is 2.87. The molecule has 13 heteroatoms. The third kappa shape index (κ3) is 2.48. The molecule has 138 valence electrons. The van der Waals surface area contributed by atoms with Crippen LogP contribution in [0.1, 0.15) is 19.3 Å². The minimum atomic E-state index is -7.05. The number of ketones is 1. The molecule has 0 aromatic rings. The summed E-state index contributed by atoms with van der Waals surface area (Å²) >= 11 is 0. The second-order valence-electron chi connectivity index (χ2n) is 5.65. The van der Waals surface area contributed by atoms with E-state index in [-0.39, 0.29) is 12.8 Å². The van der Waals surface area contributed by atoms with Crippen molar-refractivity contribution in [3.63, 3.8) is 0 Å². The van der Waals surface area contributed by atoms with Crippen LogP contribution in [-0.2, 0) is 24.4 Å². The van der Waals surface area contributed by atoms with Gasteiger partial charge >= 0.3 is 33.2 Å². The highest BCUT2D eigenvalue weighted by atomic mass is 32.2. The number of hydrogen-bond acceptors (Lipinski definition) is 5. The van der Waals surface area contributed by atoms with Crippen LogP contribution >= 0.6 is 0 Å². The highest BCUT2D eigenvalue weighted by molar-refractivity contribution is 7.88. The molecule has 24 heavy (non-hydrogen) atoms. The summed E-state index contributed by atoms with van der Waals surface area (Å²) in [5, 5.41) is 0. The molecule has 0 heterocycles. The molecule has 0 aromatic carbocycles. The van der Waals surface area contributed by atoms with Gasteiger partial charge in [-0.15, -0.1) is 0 Å². The highest BCUT2D eigenvalue weighted by Gasteiger charge is 2.85. The first-order chi connectivity index (χ1) is 10.6. The van der Waals surface area contributed by atoms with Crippen LogP contribution in [0.25, 0.3) is 0 Å². The number of hydrogen-bond donors (Lipinski definition) is 1. The van der Waals surface area contributed by atoms with Gasteiger partial charge in [0.25, 0.3) is 0 Å². The summed E-state index contributed by atoms with van der Waals surface area (Å²) in [4.78, 5) is 23.4. The Morgan fingerprint density at radius 2 is 1.58 bits per heavy atom. The van der Waals surface area contributed by atoms with Gasteiger partial charge in [-0.1, -0.05) is 0 Å². The van der Waals surface area contributed by atoms with E-state index in [9.17, 15) is 44.3 Å². The van der Waals surface area contributed by atoms with Gasteiger partial charge < -0.3 is 4.74 Å². The number of alkyl halides is 6. The second-order valence-corrected chi connectivity index (χ2v) is 7.21. The molecule has 0 spiro atoms. The van der Waals surface area contributed by atoms with Crippen LogP contribution in [0.3, 0.4) is 0 Å². The summed E-state index contributed by atoms with van der Waals surface area (Å²) in [6.45, 7) is 0. The third-order valence-electron chi connectivity index (χ3n) is 4.29. The van der Waals surface area contributed by atoms with Gasteiger partial charge in [0.2, 0.25) is 0 Å². The fourth-order valence-electron chi connectivity index (χ4n) is 3.16. The first kappa shape index (κ1) is 19.0. The molecule has 2 aliphatic rings. The molecule has 1 N–H and O–H groups in total. The first-order valence-electron chi connectivity index (χ1n) is 6.50. The van der Waals surface area contributed by atoms with Crippen molar-refractivity contribution in [2.75, 3.05) is 0 Å². The number of ether oxygens (including phenoxy) is 1. The standard InChI is InChI=1S/C11H10F6O6S/c12-10(13,14)9(11(15,16)17,24(20,21)22)8(19)23-7-5-2-1-4(3-5)6(7)18/h4-5,7H,1-3H2,(H,20,21,22). The Balaban J connectivity index is 2.49. The van der Waals surface area contributed by atoms with E-state index >= 15 is 0 Å². The first-order valence-corrected chi connectivity index (χ1v) is 7.94. The van der Waals surface area contributed by atoms with Crippen LogP contribution in [0.2, 0.25) is 0 Å². The van der Waals surface area contributed by atoms with Crippen molar-refractivity contribution in [1.29, 1.82) is 0 Å². The lowest BCUT2D eigenvalue weighted by atomic mass is 9.96. The van der Waals surface area contributed by atoms with E-state index in [1.165, 1.54) is 0 Å². The number of rotatable bonds is 3. The van der Waals surface area contributed by atoms with Gasteiger partial charge in [-0.3, -0.25) is 9.35 Å². The van der Waals surface area contributed by atoms with Gasteiger partial charge in [-0.2, -0.15) is 34.8 Å². The van der Waals surface area contributed by atoms with E-state index in [0.29, 0.717) is 6.42 Å². The molecule has 2 aliphatic carbocycles. The molecule has 0 aromatic heterocycles. The summed E-state index contributed by atoms with van der Waals surface area (Å²) < 4.78 is 106. The van der Waals surface area contributed by atoms with E-state index in [0.717, 1.165) is 0 Å². The maximum absolute atomic E-state index is 12.9. The van der Waals surface area contributed by atoms with Crippen LogP contribution in [0.4, 0.5) is 26.3 Å². The van der Waals surface area contributed by atoms with Gasteiger partial charge in [0.05, 0.1) is 0 Å². The average molecular weight is 384 g/mol. The zero-order chi connectivity index (χ0) is 18.7. The molecule has 0 radical (unpaired) electrons. The van der Waals surface area contributed by atoms with Gasteiger partial charge in [0.15, 0.2) is 11.9 Å². The molecule has 6 nitrogen and oxygen atoms in total. The topological polar surface area (TPSA) is 97.7 Å². The summed E-state index contributed by atoms with van der Waals surface area (Å²) in [6.07, 6.45) is -14.7. The van der Waals surface area contributed by atoms with Gasteiger partial charge in [0, 0.05) is 11.8 Å². The van der Waals surface area contributed by atoms with Gasteiger partial charge in [0.1, 0.15) is 0 Å². The SMILES string of the molecule is O=C1C2CCC(C2)C1OC(=O)C(C(F)(F)F)(C(F)(F)F)S(=O)(=O)O. The van der Waals surface area contributed by atoms with Crippen molar-refractivity contribution in [3.05, 3.63) is 0 Å². The normalized spacial score (nSPS) is 28.3. The largest absolute Gasteiger partial charge is 0.452 e. The minimum Gasteiger partial charge on any atom is -0.452 e. The number of esters is 1. The van der Waals surface area contributed by atoms with Crippen molar-refractivity contribution in [3.8, 4) is 0 Å². The van der Waals surface area contributed by atoms with E-state index in [2.05, 4.69) is 4.74 Å². The maximum atomic E-state index is 12.9. The Bertz CT molecular complexity index is 651. The van der Waals surface area contributed by atoms with E-state index in [1.807, 2.05) is 0 Å². The Morgan fingerprint density at radius 3 is 1.92 bits per heavy atom. The molecular weight excluding hydrogens is 374 g/mol. The maximum Gasteiger partial charge on any atom is 0.430 e. The van der Waals surface area contributed by atoms with Crippen LogP contribution in [-0.4, -0.2) is 47.9 Å². The Kier molecular flexibility index (Phi) is 4.20. The van der Waals surface area contributed by atoms with Crippen molar-refractivity contribution in [1.82, 2.24) is 0 Å². The lowest BCUT2D eigenvalue weighted by Crippen LogP contribution is -2.68. The molecule has 3 unspecified atom stereocenters. The fourth-order valence-corrected chi connectivity index (χ4v) is 4.00. The van der Waals surface area contributed by atoms with Crippen molar-refractivity contribution >= 4 is 21.9 Å². The lowest BCUT2D eigenvalue weighted by molar-refractivity contribution is -0.270. The lowest BCUT2D eigenvalue weighted by Gasteiger charge is -2.33. The van der Waals surface area contributed by atoms with E-state index in [4.69, 9.17) is 4.55 Å². The van der Waals surface area contributed by atoms with Crippen molar-refractivity contribution in [2.45, 2.75) is 42.5 Å². The van der Waals surface area contributed by atoms with Crippen molar-refractivity contribution in [2.24, 2.45) is 11.8 Å². The molecule has 0 aliphatic heterocycles. The zero-order valence-electron chi connectivity index (χ0n) is 11.5. The highest BCUT2D eigenvalue weighted by Crippen LogP contribution is 2.50. The molecule has 2 bridgehead atoms. The van der Waals surface area contributed by atoms with Crippen LogP contribution in [0.5, 0.6) is 0 Å². The Hall–Kier alpha value is -1.37. The summed E-state index contributed by atoms with van der Waals surface area (Å²) in [6, 6.07) is 0. The number of halogens is 6. The predicted octanol–water partition coefficient (Wildman–Crippen LogP) is 1.65. The van der Waals surface area contributed by atoms with Crippen LogP contribution in [0.15, 0.2) is 0 Å². The van der Waals surface area contributed by atoms with Gasteiger partial charge in [-0.25, -0.2) is 4.79 Å². The Morgan fingerprint density at radius 1 is 1.08 bits per heavy atom. The van der Waals surface area contributed by atoms with Gasteiger partial charge in [-0.05, 0) is 19.3 Å². The monoisotopic (exact) mass is 384 g/mol. The summed E-state index contributed by atoms with van der Waals surface area (Å²) in [5.41, 5.74) is 0. The number of carbonyl (C=O) groups excluding carboxylic acids is 2. The minimum absolute atomic E-state index is 0.133. The molecule has 2 saturated carbocycles. The fraction of sp³-hybridized carbons (Fsp3) is 0.818. The molecular formula is C11H10F6O6S. The number of Topliss-reactive ketones (excluding diaryl/α,β-unsaturated/α-hetero) is 1. The second kappa shape index (κ2) is 5.31. The van der Waals surface area contributed by atoms with Crippen molar-refractivity contribution < 1.29 is 53.6 Å². The number of fused-ring (bicyclic) bond motifs is 2. The smallest absolute Gasteiger partial charge is 0.430 e. The van der Waals surface area contributed by atoms with Crippen LogP contribution < -0.4 is 0 Å². The molecule has 0 amide bonds. The Labute approximate surface area is 130 Å². The third-order valence-corrected chi connectivity index (χ3v) is 5.69. The molecule has 2 fully saturated rings. The number of carbonyl (C=O) groups is 2. The molecule has 2 rings (SSSR count). The predicted molar refractivity (Wildman–Crippen MR) is 62.1 cm³/mol. The van der Waals surface area contributed by atoms with E-state index < -0.39 is 56.9 Å². The van der Waals surface area contributed by atoms with E-state index in [1.54, 1.807) is 0 Å². The summed E-state index contributed by atoms with van der Waals surface area (Å²) in [7, 11) is -7.05.